The molecule has 0 aliphatic carbocycles. The second-order valence-corrected chi connectivity index (χ2v) is 3.64. The zero-order chi connectivity index (χ0) is 12.1. The van der Waals surface area contributed by atoms with Crippen molar-refractivity contribution in [1.29, 1.82) is 0 Å². The number of carbonyl (C=O) groups is 1. The largest absolute Gasteiger partial charge is 0.370 e. The Hall–Kier alpha value is -2.24. The van der Waals surface area contributed by atoms with Gasteiger partial charge in [-0.2, -0.15) is 4.80 Å². The molecule has 6 heteroatoms. The standard InChI is InChI=1S/C11H13N5O/c12-10(17)7-4-8-16-14-11(13-15-16)9-5-2-1-3-6-9/h1-3,5-6H,4,7-8H2,(H2,12,17). The second kappa shape index (κ2) is 5.20. The molecule has 0 radical (unpaired) electrons. The minimum Gasteiger partial charge on any atom is -0.370 e. The maximum Gasteiger partial charge on any atom is 0.217 e. The predicted octanol–water partition coefficient (Wildman–Crippen LogP) is 0.606. The molecule has 0 atom stereocenters. The summed E-state index contributed by atoms with van der Waals surface area (Å²) in [7, 11) is 0. The molecule has 2 aromatic rings. The highest BCUT2D eigenvalue weighted by Gasteiger charge is 2.05. The number of benzene rings is 1. The Bertz CT molecular complexity index is 494. The number of aromatic nitrogens is 4. The van der Waals surface area contributed by atoms with E-state index in [0.717, 1.165) is 5.56 Å². The number of nitrogens with zero attached hydrogens (tertiary/aromatic N) is 4. The first-order valence-corrected chi connectivity index (χ1v) is 5.37. The number of tetrazole rings is 1. The Balaban J connectivity index is 1.99. The van der Waals surface area contributed by atoms with Crippen LogP contribution in [0.5, 0.6) is 0 Å². The molecule has 0 spiro atoms. The van der Waals surface area contributed by atoms with Crippen molar-refractivity contribution in [2.75, 3.05) is 0 Å². The third-order valence-corrected chi connectivity index (χ3v) is 2.27. The van der Waals surface area contributed by atoms with Crippen LogP contribution in [-0.4, -0.2) is 26.1 Å². The lowest BCUT2D eigenvalue weighted by Crippen LogP contribution is -2.12. The number of amides is 1. The summed E-state index contributed by atoms with van der Waals surface area (Å²) in [4.78, 5) is 12.1. The van der Waals surface area contributed by atoms with E-state index in [1.807, 2.05) is 30.3 Å². The van der Waals surface area contributed by atoms with Gasteiger partial charge in [0.15, 0.2) is 0 Å². The highest BCUT2D eigenvalue weighted by Crippen LogP contribution is 2.11. The lowest BCUT2D eigenvalue weighted by molar-refractivity contribution is -0.118. The van der Waals surface area contributed by atoms with Crippen molar-refractivity contribution in [3.63, 3.8) is 0 Å². The molecule has 0 bridgehead atoms. The van der Waals surface area contributed by atoms with Crippen molar-refractivity contribution >= 4 is 5.91 Å². The second-order valence-electron chi connectivity index (χ2n) is 3.64. The van der Waals surface area contributed by atoms with E-state index >= 15 is 0 Å². The summed E-state index contributed by atoms with van der Waals surface area (Å²) in [6.45, 7) is 0.544. The van der Waals surface area contributed by atoms with Crippen LogP contribution in [0, 0.1) is 0 Å². The van der Waals surface area contributed by atoms with Gasteiger partial charge in [0.05, 0.1) is 6.54 Å². The molecule has 2 rings (SSSR count). The monoisotopic (exact) mass is 231 g/mol. The highest BCUT2D eigenvalue weighted by atomic mass is 16.1. The van der Waals surface area contributed by atoms with Gasteiger partial charge in [0, 0.05) is 12.0 Å². The minimum absolute atomic E-state index is 0.312. The normalized spacial score (nSPS) is 10.4. The molecule has 1 heterocycles. The van der Waals surface area contributed by atoms with Crippen LogP contribution < -0.4 is 5.73 Å². The molecule has 0 saturated heterocycles. The van der Waals surface area contributed by atoms with E-state index in [2.05, 4.69) is 15.4 Å². The van der Waals surface area contributed by atoms with Crippen LogP contribution >= 0.6 is 0 Å². The lowest BCUT2D eigenvalue weighted by atomic mass is 10.2. The Morgan fingerprint density at radius 1 is 1.29 bits per heavy atom. The number of aryl methyl sites for hydroxylation is 1. The van der Waals surface area contributed by atoms with Gasteiger partial charge in [0.2, 0.25) is 11.7 Å². The molecule has 2 N–H and O–H groups in total. The van der Waals surface area contributed by atoms with E-state index in [9.17, 15) is 4.79 Å². The molecule has 1 aromatic carbocycles. The molecule has 0 unspecified atom stereocenters. The van der Waals surface area contributed by atoms with E-state index in [-0.39, 0.29) is 5.91 Å². The summed E-state index contributed by atoms with van der Waals surface area (Å²) in [6, 6.07) is 9.61. The zero-order valence-corrected chi connectivity index (χ0v) is 9.28. The molecule has 88 valence electrons. The zero-order valence-electron chi connectivity index (χ0n) is 9.28. The Morgan fingerprint density at radius 3 is 2.76 bits per heavy atom. The van der Waals surface area contributed by atoms with Crippen LogP contribution in [0.1, 0.15) is 12.8 Å². The Labute approximate surface area is 98.4 Å². The van der Waals surface area contributed by atoms with Crippen molar-refractivity contribution in [2.24, 2.45) is 5.73 Å². The fraction of sp³-hybridized carbons (Fsp3) is 0.273. The fourth-order valence-electron chi connectivity index (χ4n) is 1.44. The number of rotatable bonds is 5. The SMILES string of the molecule is NC(=O)CCCn1nnc(-c2ccccc2)n1. The smallest absolute Gasteiger partial charge is 0.217 e. The molecule has 0 saturated carbocycles. The van der Waals surface area contributed by atoms with Crippen LogP contribution in [0.15, 0.2) is 30.3 Å². The van der Waals surface area contributed by atoms with E-state index < -0.39 is 0 Å². The van der Waals surface area contributed by atoms with Crippen LogP contribution in [-0.2, 0) is 11.3 Å². The van der Waals surface area contributed by atoms with Gasteiger partial charge in [-0.25, -0.2) is 0 Å². The summed E-state index contributed by atoms with van der Waals surface area (Å²) < 4.78 is 0. The Kier molecular flexibility index (Phi) is 3.44. The van der Waals surface area contributed by atoms with E-state index in [0.29, 0.717) is 25.2 Å². The van der Waals surface area contributed by atoms with Gasteiger partial charge in [-0.1, -0.05) is 30.3 Å². The topological polar surface area (TPSA) is 86.7 Å². The third kappa shape index (κ3) is 3.10. The molecule has 0 aliphatic rings. The first-order valence-electron chi connectivity index (χ1n) is 5.37. The van der Waals surface area contributed by atoms with Gasteiger partial charge in [0.25, 0.3) is 0 Å². The molecule has 6 nitrogen and oxygen atoms in total. The third-order valence-electron chi connectivity index (χ3n) is 2.27. The van der Waals surface area contributed by atoms with E-state index in [4.69, 9.17) is 5.73 Å². The quantitative estimate of drug-likeness (QED) is 0.816. The number of hydrogen-bond acceptors (Lipinski definition) is 4. The van der Waals surface area contributed by atoms with Crippen molar-refractivity contribution in [3.8, 4) is 11.4 Å². The number of carbonyl (C=O) groups excluding carboxylic acids is 1. The molecular weight excluding hydrogens is 218 g/mol. The maximum atomic E-state index is 10.6. The fourth-order valence-corrected chi connectivity index (χ4v) is 1.44. The van der Waals surface area contributed by atoms with E-state index in [1.165, 1.54) is 4.80 Å². The van der Waals surface area contributed by atoms with Crippen molar-refractivity contribution in [1.82, 2.24) is 20.2 Å². The molecule has 1 amide bonds. The average Bonchev–Trinajstić information content (AvgIpc) is 2.78. The van der Waals surface area contributed by atoms with Crippen molar-refractivity contribution in [3.05, 3.63) is 30.3 Å². The Morgan fingerprint density at radius 2 is 2.06 bits per heavy atom. The first-order chi connectivity index (χ1) is 8.25. The van der Waals surface area contributed by atoms with Crippen LogP contribution in [0.25, 0.3) is 11.4 Å². The highest BCUT2D eigenvalue weighted by molar-refractivity contribution is 5.73. The van der Waals surface area contributed by atoms with Crippen LogP contribution in [0.2, 0.25) is 0 Å². The summed E-state index contributed by atoms with van der Waals surface area (Å²) in [5, 5.41) is 12.1. The summed E-state index contributed by atoms with van der Waals surface area (Å²) in [5.41, 5.74) is 5.97. The van der Waals surface area contributed by atoms with Gasteiger partial charge < -0.3 is 5.73 Å². The molecular formula is C11H13N5O. The van der Waals surface area contributed by atoms with Gasteiger partial charge in [-0.15, -0.1) is 10.2 Å². The minimum atomic E-state index is -0.312. The van der Waals surface area contributed by atoms with Gasteiger partial charge in [-0.05, 0) is 11.6 Å². The van der Waals surface area contributed by atoms with Gasteiger partial charge in [-0.3, -0.25) is 4.79 Å². The van der Waals surface area contributed by atoms with Gasteiger partial charge in [0.1, 0.15) is 0 Å². The summed E-state index contributed by atoms with van der Waals surface area (Å²) >= 11 is 0. The lowest BCUT2D eigenvalue weighted by Gasteiger charge is -1.96. The molecule has 0 aliphatic heterocycles. The van der Waals surface area contributed by atoms with Crippen molar-refractivity contribution in [2.45, 2.75) is 19.4 Å². The average molecular weight is 231 g/mol. The number of primary amides is 1. The summed E-state index contributed by atoms with van der Waals surface area (Å²) in [6.07, 6.45) is 0.960. The number of nitrogens with two attached hydrogens (primary N) is 1. The summed E-state index contributed by atoms with van der Waals surface area (Å²) in [5.74, 6) is 0.276. The van der Waals surface area contributed by atoms with Crippen LogP contribution in [0.4, 0.5) is 0 Å². The molecule has 17 heavy (non-hydrogen) atoms. The van der Waals surface area contributed by atoms with Gasteiger partial charge >= 0.3 is 0 Å². The molecule has 0 fully saturated rings. The molecule has 1 aromatic heterocycles. The first kappa shape index (κ1) is 11.3. The number of hydrogen-bond donors (Lipinski definition) is 1. The predicted molar refractivity (Wildman–Crippen MR) is 61.7 cm³/mol. The maximum absolute atomic E-state index is 10.6. The van der Waals surface area contributed by atoms with E-state index in [1.54, 1.807) is 0 Å². The van der Waals surface area contributed by atoms with Crippen LogP contribution in [0.3, 0.4) is 0 Å². The van der Waals surface area contributed by atoms with Crippen molar-refractivity contribution < 1.29 is 4.79 Å².